The Morgan fingerprint density at radius 2 is 1.67 bits per heavy atom. The number of carboxylic acids is 1. The van der Waals surface area contributed by atoms with E-state index in [0.29, 0.717) is 31.3 Å². The number of benzene rings is 2. The Morgan fingerprint density at radius 3 is 2.38 bits per heavy atom. The minimum atomic E-state index is -1.15. The molecule has 2 N–H and O–H groups in total. The number of aromatic carboxylic acids is 1. The highest BCUT2D eigenvalue weighted by molar-refractivity contribution is 6.11. The molecular weight excluding hydrogens is 310 g/mol. The molecule has 0 radical (unpaired) electrons. The van der Waals surface area contributed by atoms with Crippen molar-refractivity contribution >= 4 is 17.6 Å². The molecule has 0 aliphatic rings. The van der Waals surface area contributed by atoms with Gasteiger partial charge in [-0.2, -0.15) is 0 Å². The molecule has 126 valence electrons. The lowest BCUT2D eigenvalue weighted by Crippen LogP contribution is -2.17. The van der Waals surface area contributed by atoms with Crippen molar-refractivity contribution in [1.29, 1.82) is 0 Å². The van der Waals surface area contributed by atoms with Crippen molar-refractivity contribution in [2.75, 3.05) is 25.1 Å². The standard InChI is InChI=1S/C18H19NO5/c1-2-23-11-12-24-16-10-6-5-9-15(16)19-17(20)13-7-3-4-8-14(13)18(21)22/h3-10H,2,11-12H2,1H3,(H,19,20)(H,21,22). The van der Waals surface area contributed by atoms with Crippen LogP contribution in [-0.4, -0.2) is 36.8 Å². The van der Waals surface area contributed by atoms with Gasteiger partial charge in [-0.3, -0.25) is 4.79 Å². The third kappa shape index (κ3) is 4.57. The molecule has 0 saturated heterocycles. The molecule has 6 heteroatoms. The van der Waals surface area contributed by atoms with Crippen molar-refractivity contribution in [3.63, 3.8) is 0 Å². The Morgan fingerprint density at radius 1 is 1.00 bits per heavy atom. The summed E-state index contributed by atoms with van der Waals surface area (Å²) in [6.07, 6.45) is 0. The van der Waals surface area contributed by atoms with Gasteiger partial charge >= 0.3 is 5.97 Å². The van der Waals surface area contributed by atoms with Gasteiger partial charge < -0.3 is 19.9 Å². The van der Waals surface area contributed by atoms with Gasteiger partial charge in [0.2, 0.25) is 0 Å². The first kappa shape index (κ1) is 17.5. The van der Waals surface area contributed by atoms with Crippen molar-refractivity contribution < 1.29 is 24.2 Å². The first-order valence-electron chi connectivity index (χ1n) is 7.56. The van der Waals surface area contributed by atoms with E-state index in [1.807, 2.05) is 6.92 Å². The van der Waals surface area contributed by atoms with Crippen molar-refractivity contribution in [2.24, 2.45) is 0 Å². The molecule has 2 rings (SSSR count). The Bertz CT molecular complexity index is 714. The molecule has 0 aliphatic heterocycles. The molecule has 6 nitrogen and oxygen atoms in total. The van der Waals surface area contributed by atoms with Crippen LogP contribution >= 0.6 is 0 Å². The molecule has 1 amide bonds. The summed E-state index contributed by atoms with van der Waals surface area (Å²) >= 11 is 0. The molecule has 0 aliphatic carbocycles. The van der Waals surface area contributed by atoms with Gasteiger partial charge in [0.1, 0.15) is 12.4 Å². The molecule has 0 saturated carbocycles. The quantitative estimate of drug-likeness (QED) is 0.727. The highest BCUT2D eigenvalue weighted by atomic mass is 16.5. The van der Waals surface area contributed by atoms with E-state index >= 15 is 0 Å². The largest absolute Gasteiger partial charge is 0.489 e. The van der Waals surface area contributed by atoms with Crippen molar-refractivity contribution in [3.8, 4) is 5.75 Å². The van der Waals surface area contributed by atoms with Crippen LogP contribution in [0.3, 0.4) is 0 Å². The third-order valence-electron chi connectivity index (χ3n) is 3.23. The number of carboxylic acid groups (broad SMARTS) is 1. The maximum atomic E-state index is 12.4. The van der Waals surface area contributed by atoms with E-state index < -0.39 is 11.9 Å². The number of hydrogen-bond acceptors (Lipinski definition) is 4. The summed E-state index contributed by atoms with van der Waals surface area (Å²) in [6.45, 7) is 3.30. The van der Waals surface area contributed by atoms with Gasteiger partial charge in [0, 0.05) is 6.61 Å². The van der Waals surface area contributed by atoms with Crippen LogP contribution in [0.5, 0.6) is 5.75 Å². The summed E-state index contributed by atoms with van der Waals surface area (Å²) in [5.41, 5.74) is 0.512. The minimum Gasteiger partial charge on any atom is -0.489 e. The predicted octanol–water partition coefficient (Wildman–Crippen LogP) is 3.05. The molecule has 0 heterocycles. The first-order valence-corrected chi connectivity index (χ1v) is 7.56. The Kier molecular flexibility index (Phi) is 6.33. The Labute approximate surface area is 140 Å². The molecule has 0 aromatic heterocycles. The van der Waals surface area contributed by atoms with Gasteiger partial charge in [-0.05, 0) is 31.2 Å². The molecule has 0 bridgehead atoms. The number of rotatable bonds is 8. The maximum absolute atomic E-state index is 12.4. The van der Waals surface area contributed by atoms with Crippen molar-refractivity contribution in [1.82, 2.24) is 0 Å². The molecule has 0 unspecified atom stereocenters. The number of para-hydroxylation sites is 2. The normalized spacial score (nSPS) is 10.2. The lowest BCUT2D eigenvalue weighted by molar-refractivity contribution is 0.0692. The molecular formula is C18H19NO5. The highest BCUT2D eigenvalue weighted by Gasteiger charge is 2.17. The minimum absolute atomic E-state index is 0.0512. The second-order valence-corrected chi connectivity index (χ2v) is 4.85. The number of carbonyl (C=O) groups excluding carboxylic acids is 1. The monoisotopic (exact) mass is 329 g/mol. The average molecular weight is 329 g/mol. The lowest BCUT2D eigenvalue weighted by atomic mass is 10.1. The molecule has 0 atom stereocenters. The van der Waals surface area contributed by atoms with E-state index in [-0.39, 0.29) is 11.1 Å². The predicted molar refractivity (Wildman–Crippen MR) is 89.8 cm³/mol. The summed E-state index contributed by atoms with van der Waals surface area (Å²) in [5.74, 6) is -1.16. The zero-order valence-corrected chi connectivity index (χ0v) is 13.3. The number of nitrogens with one attached hydrogen (secondary N) is 1. The zero-order valence-electron chi connectivity index (χ0n) is 13.3. The molecule has 0 spiro atoms. The van der Waals surface area contributed by atoms with E-state index in [1.165, 1.54) is 12.1 Å². The fourth-order valence-electron chi connectivity index (χ4n) is 2.11. The molecule has 0 fully saturated rings. The second kappa shape index (κ2) is 8.69. The van der Waals surface area contributed by atoms with Crippen LogP contribution in [0.15, 0.2) is 48.5 Å². The van der Waals surface area contributed by atoms with E-state index in [4.69, 9.17) is 9.47 Å². The molecule has 24 heavy (non-hydrogen) atoms. The molecule has 2 aromatic rings. The summed E-state index contributed by atoms with van der Waals surface area (Å²) in [7, 11) is 0. The SMILES string of the molecule is CCOCCOc1ccccc1NC(=O)c1ccccc1C(=O)O. The summed E-state index contributed by atoms with van der Waals surface area (Å²) < 4.78 is 10.8. The van der Waals surface area contributed by atoms with Gasteiger partial charge in [-0.1, -0.05) is 24.3 Å². The van der Waals surface area contributed by atoms with Crippen molar-refractivity contribution in [3.05, 3.63) is 59.7 Å². The Hall–Kier alpha value is -2.86. The smallest absolute Gasteiger partial charge is 0.336 e. The van der Waals surface area contributed by atoms with Crippen LogP contribution in [0.25, 0.3) is 0 Å². The van der Waals surface area contributed by atoms with Crippen molar-refractivity contribution in [2.45, 2.75) is 6.92 Å². The van der Waals surface area contributed by atoms with Crippen LogP contribution in [0.2, 0.25) is 0 Å². The van der Waals surface area contributed by atoms with Gasteiger partial charge in [-0.15, -0.1) is 0 Å². The Balaban J connectivity index is 2.13. The van der Waals surface area contributed by atoms with Crippen LogP contribution < -0.4 is 10.1 Å². The number of ether oxygens (including phenoxy) is 2. The summed E-state index contributed by atoms with van der Waals surface area (Å²) in [6, 6.07) is 13.0. The zero-order chi connectivity index (χ0) is 17.4. The van der Waals surface area contributed by atoms with E-state index in [1.54, 1.807) is 36.4 Å². The third-order valence-corrected chi connectivity index (χ3v) is 3.23. The number of anilines is 1. The van der Waals surface area contributed by atoms with Crippen LogP contribution in [0.4, 0.5) is 5.69 Å². The number of amides is 1. The van der Waals surface area contributed by atoms with Gasteiger partial charge in [0.15, 0.2) is 0 Å². The van der Waals surface area contributed by atoms with Gasteiger partial charge in [0.25, 0.3) is 5.91 Å². The van der Waals surface area contributed by atoms with Gasteiger partial charge in [0.05, 0.1) is 23.4 Å². The average Bonchev–Trinajstić information content (AvgIpc) is 2.60. The number of carbonyl (C=O) groups is 2. The fraction of sp³-hybridized carbons (Fsp3) is 0.222. The van der Waals surface area contributed by atoms with Crippen LogP contribution in [-0.2, 0) is 4.74 Å². The highest BCUT2D eigenvalue weighted by Crippen LogP contribution is 2.24. The van der Waals surface area contributed by atoms with E-state index in [9.17, 15) is 14.7 Å². The second-order valence-electron chi connectivity index (χ2n) is 4.85. The number of hydrogen-bond donors (Lipinski definition) is 2. The summed E-state index contributed by atoms with van der Waals surface area (Å²) in [4.78, 5) is 23.6. The lowest BCUT2D eigenvalue weighted by Gasteiger charge is -2.13. The molecule has 2 aromatic carbocycles. The van der Waals surface area contributed by atoms with E-state index in [0.717, 1.165) is 0 Å². The van der Waals surface area contributed by atoms with E-state index in [2.05, 4.69) is 5.32 Å². The van der Waals surface area contributed by atoms with Crippen LogP contribution in [0, 0.1) is 0 Å². The maximum Gasteiger partial charge on any atom is 0.336 e. The first-order chi connectivity index (χ1) is 11.6. The van der Waals surface area contributed by atoms with Crippen LogP contribution in [0.1, 0.15) is 27.6 Å². The fourth-order valence-corrected chi connectivity index (χ4v) is 2.11. The summed E-state index contributed by atoms with van der Waals surface area (Å²) in [5, 5.41) is 11.9. The van der Waals surface area contributed by atoms with Gasteiger partial charge in [-0.25, -0.2) is 4.79 Å². The topological polar surface area (TPSA) is 84.9 Å².